The molecule has 0 fully saturated rings. The fourth-order valence-electron chi connectivity index (χ4n) is 3.30. The van der Waals surface area contributed by atoms with Gasteiger partial charge in [0, 0.05) is 17.8 Å². The lowest BCUT2D eigenvalue weighted by Crippen LogP contribution is -2.65. The second-order valence-electron chi connectivity index (χ2n) is 10.9. The molecule has 2 amide bonds. The van der Waals surface area contributed by atoms with E-state index in [1.54, 1.807) is 0 Å². The molecule has 0 heterocycles. The number of hydrogen-bond acceptors (Lipinski definition) is 5. The van der Waals surface area contributed by atoms with Crippen LogP contribution >= 0.6 is 0 Å². The Morgan fingerprint density at radius 2 is 1.29 bits per heavy atom. The normalized spacial score (nSPS) is 16.1. The number of rotatable bonds is 12. The first-order valence-corrected chi connectivity index (χ1v) is 22.8. The maximum atomic E-state index is 12.3. The number of urea groups is 1. The predicted molar refractivity (Wildman–Crippen MR) is 135 cm³/mol. The van der Waals surface area contributed by atoms with Crippen molar-refractivity contribution in [3.8, 4) is 0 Å². The Hall–Kier alpha value is -0.772. The summed E-state index contributed by atoms with van der Waals surface area (Å²) in [5.74, 6) is -1.11. The molecular formula is C19H44N2O6Si4. The van der Waals surface area contributed by atoms with Crippen LogP contribution in [0.1, 0.15) is 27.2 Å². The van der Waals surface area contributed by atoms with Crippen molar-refractivity contribution in [1.29, 1.82) is 0 Å². The minimum Gasteiger partial charge on any atom is -0.478 e. The molecule has 0 saturated carbocycles. The summed E-state index contributed by atoms with van der Waals surface area (Å²) in [5, 5.41) is 9.31. The molecule has 12 heteroatoms. The minimum atomic E-state index is -3.32. The number of amides is 2. The number of carbonyl (C=O) groups excluding carboxylic acids is 1. The van der Waals surface area contributed by atoms with Crippen LogP contribution < -0.4 is 5.73 Å². The molecular weight excluding hydrogens is 465 g/mol. The van der Waals surface area contributed by atoms with Crippen LogP contribution in [-0.4, -0.2) is 61.8 Å². The Morgan fingerprint density at radius 3 is 1.52 bits per heavy atom. The fourth-order valence-corrected chi connectivity index (χ4v) is 18.2. The highest BCUT2D eigenvalue weighted by atomic mass is 28.5. The van der Waals surface area contributed by atoms with Crippen LogP contribution in [0.25, 0.3) is 0 Å². The molecule has 0 saturated heterocycles. The van der Waals surface area contributed by atoms with E-state index >= 15 is 0 Å². The monoisotopic (exact) mass is 508 g/mol. The van der Waals surface area contributed by atoms with Gasteiger partial charge in [-0.05, 0) is 79.2 Å². The number of carboxylic acids is 1. The molecule has 0 bridgehead atoms. The maximum Gasteiger partial charge on any atom is 0.474 e. The zero-order valence-electron chi connectivity index (χ0n) is 21.5. The van der Waals surface area contributed by atoms with E-state index in [1.807, 2.05) is 13.8 Å². The highest BCUT2D eigenvalue weighted by molar-refractivity contribution is 6.90. The molecule has 0 aromatic heterocycles. The van der Waals surface area contributed by atoms with Crippen LogP contribution in [0.15, 0.2) is 11.8 Å². The Kier molecular flexibility index (Phi) is 10.6. The van der Waals surface area contributed by atoms with E-state index in [4.69, 9.17) is 18.1 Å². The van der Waals surface area contributed by atoms with Gasteiger partial charge in [-0.2, -0.15) is 0 Å². The molecule has 0 aliphatic heterocycles. The van der Waals surface area contributed by atoms with Crippen molar-refractivity contribution in [1.82, 2.24) is 4.90 Å². The second kappa shape index (κ2) is 10.9. The molecule has 0 spiro atoms. The fraction of sp³-hybridized carbons (Fsp3) is 0.789. The van der Waals surface area contributed by atoms with Crippen LogP contribution in [0.5, 0.6) is 0 Å². The quantitative estimate of drug-likeness (QED) is 0.283. The molecule has 182 valence electrons. The van der Waals surface area contributed by atoms with E-state index in [9.17, 15) is 14.7 Å². The molecule has 0 rings (SSSR count). The van der Waals surface area contributed by atoms with Crippen LogP contribution in [0.4, 0.5) is 4.79 Å². The van der Waals surface area contributed by atoms with Gasteiger partial charge in [-0.25, -0.2) is 9.59 Å². The van der Waals surface area contributed by atoms with Gasteiger partial charge in [0.15, 0.2) is 25.0 Å². The summed E-state index contributed by atoms with van der Waals surface area (Å²) in [6.07, 6.45) is 1.94. The molecule has 31 heavy (non-hydrogen) atoms. The zero-order valence-corrected chi connectivity index (χ0v) is 25.5. The van der Waals surface area contributed by atoms with Crippen molar-refractivity contribution in [2.45, 2.75) is 97.7 Å². The topological polar surface area (TPSA) is 111 Å². The number of nitrogens with two attached hydrogens (primary N) is 1. The van der Waals surface area contributed by atoms with Crippen molar-refractivity contribution < 1.29 is 27.0 Å². The third kappa shape index (κ3) is 10.6. The van der Waals surface area contributed by atoms with Crippen LogP contribution in [0, 0.1) is 0 Å². The first kappa shape index (κ1) is 30.2. The highest BCUT2D eigenvalue weighted by Gasteiger charge is 2.57. The standard InChI is InChI=1S/C19H44N2O6Si4/c1-13-17(16(3)21(19(20)24)14-15(2)18(22)23)31(25-28(4,5)6,26-29(7,8)9)27-30(10,11)12/h14,16-17H,13H2,1-12H3,(H2,20,24)(H,22,23)/b15-14+. The molecule has 0 radical (unpaired) electrons. The van der Waals surface area contributed by atoms with E-state index in [0.29, 0.717) is 6.42 Å². The van der Waals surface area contributed by atoms with Crippen LogP contribution in [0.3, 0.4) is 0 Å². The van der Waals surface area contributed by atoms with Gasteiger partial charge >= 0.3 is 20.8 Å². The van der Waals surface area contributed by atoms with Crippen LogP contribution in [0.2, 0.25) is 64.5 Å². The number of carboxylic acid groups (broad SMARTS) is 1. The lowest BCUT2D eigenvalue weighted by atomic mass is 10.1. The molecule has 0 aromatic rings. The SMILES string of the molecule is CCC(C(C)N(/C=C(\C)C(=O)O)C(N)=O)[Si](O[Si](C)(C)C)(O[Si](C)(C)C)O[Si](C)(C)C. The van der Waals surface area contributed by atoms with Crippen molar-refractivity contribution >= 4 is 45.8 Å². The summed E-state index contributed by atoms with van der Waals surface area (Å²) in [6, 6.07) is -1.18. The van der Waals surface area contributed by atoms with Gasteiger partial charge in [0.05, 0.1) is 5.57 Å². The number of hydrogen-bond donors (Lipinski definition) is 2. The summed E-state index contributed by atoms with van der Waals surface area (Å²) in [7, 11) is -9.67. The molecule has 2 unspecified atom stereocenters. The van der Waals surface area contributed by atoms with Gasteiger partial charge in [-0.3, -0.25) is 4.90 Å². The molecule has 0 aliphatic rings. The highest BCUT2D eigenvalue weighted by Crippen LogP contribution is 2.40. The number of aliphatic carboxylic acids is 1. The molecule has 2 atom stereocenters. The Balaban J connectivity index is 6.77. The smallest absolute Gasteiger partial charge is 0.474 e. The van der Waals surface area contributed by atoms with E-state index in [-0.39, 0.29) is 11.1 Å². The summed E-state index contributed by atoms with van der Waals surface area (Å²) in [4.78, 5) is 25.0. The van der Waals surface area contributed by atoms with E-state index in [1.165, 1.54) is 18.0 Å². The summed E-state index contributed by atoms with van der Waals surface area (Å²) >= 11 is 0. The Bertz CT molecular complexity index is 627. The van der Waals surface area contributed by atoms with Crippen molar-refractivity contribution in [3.63, 3.8) is 0 Å². The van der Waals surface area contributed by atoms with Gasteiger partial charge in [0.1, 0.15) is 0 Å². The lowest BCUT2D eigenvalue weighted by Gasteiger charge is -2.48. The number of primary amides is 1. The van der Waals surface area contributed by atoms with Gasteiger partial charge in [0.2, 0.25) is 0 Å². The van der Waals surface area contributed by atoms with Crippen LogP contribution in [-0.2, 0) is 17.1 Å². The molecule has 0 aromatic carbocycles. The number of carbonyl (C=O) groups is 2. The summed E-state index contributed by atoms with van der Waals surface area (Å²) in [5.41, 5.74) is 5.44. The molecule has 8 nitrogen and oxygen atoms in total. The largest absolute Gasteiger partial charge is 0.478 e. The van der Waals surface area contributed by atoms with E-state index in [2.05, 4.69) is 58.9 Å². The third-order valence-corrected chi connectivity index (χ3v) is 16.7. The summed E-state index contributed by atoms with van der Waals surface area (Å²) in [6.45, 7) is 24.3. The Morgan fingerprint density at radius 1 is 0.935 bits per heavy atom. The van der Waals surface area contributed by atoms with Gasteiger partial charge in [-0.1, -0.05) is 6.92 Å². The zero-order chi connectivity index (χ0) is 25.0. The molecule has 3 N–H and O–H groups in total. The molecule has 0 aliphatic carbocycles. The maximum absolute atomic E-state index is 12.3. The van der Waals surface area contributed by atoms with E-state index < -0.39 is 51.8 Å². The van der Waals surface area contributed by atoms with Gasteiger partial charge in [-0.15, -0.1) is 0 Å². The minimum absolute atomic E-state index is 0.0242. The van der Waals surface area contributed by atoms with Crippen molar-refractivity contribution in [3.05, 3.63) is 11.8 Å². The third-order valence-electron chi connectivity index (χ3n) is 4.18. The predicted octanol–water partition coefficient (Wildman–Crippen LogP) is 5.02. The number of nitrogens with zero attached hydrogens (tertiary/aromatic N) is 1. The Labute approximate surface area is 192 Å². The summed E-state index contributed by atoms with van der Waals surface area (Å²) < 4.78 is 20.5. The van der Waals surface area contributed by atoms with Crippen molar-refractivity contribution in [2.75, 3.05) is 0 Å². The first-order chi connectivity index (χ1) is 13.6. The van der Waals surface area contributed by atoms with Gasteiger partial charge < -0.3 is 23.2 Å². The lowest BCUT2D eigenvalue weighted by molar-refractivity contribution is -0.132. The first-order valence-electron chi connectivity index (χ1n) is 10.7. The average molecular weight is 509 g/mol. The van der Waals surface area contributed by atoms with Crippen molar-refractivity contribution in [2.24, 2.45) is 5.73 Å². The van der Waals surface area contributed by atoms with E-state index in [0.717, 1.165) is 0 Å². The average Bonchev–Trinajstić information content (AvgIpc) is 2.46. The van der Waals surface area contributed by atoms with Gasteiger partial charge in [0.25, 0.3) is 0 Å². The second-order valence-corrected chi connectivity index (χ2v) is 27.9.